The van der Waals surface area contributed by atoms with Crippen LogP contribution in [0.2, 0.25) is 0 Å². The average Bonchev–Trinajstić information content (AvgIpc) is 2.58. The van der Waals surface area contributed by atoms with Crippen LogP contribution in [0.25, 0.3) is 0 Å². The lowest BCUT2D eigenvalue weighted by Crippen LogP contribution is -2.50. The van der Waals surface area contributed by atoms with Gasteiger partial charge in [0, 0.05) is 25.0 Å². The number of urea groups is 1. The van der Waals surface area contributed by atoms with Gasteiger partial charge in [0.15, 0.2) is 0 Å². The highest BCUT2D eigenvalue weighted by molar-refractivity contribution is 5.74. The third-order valence-electron chi connectivity index (χ3n) is 4.58. The topological polar surface area (TPSA) is 74.2 Å². The Labute approximate surface area is 146 Å². The van der Waals surface area contributed by atoms with E-state index >= 15 is 0 Å². The predicted octanol–water partition coefficient (Wildman–Crippen LogP) is 2.40. The van der Waals surface area contributed by atoms with Crippen LogP contribution in [0.5, 0.6) is 0 Å². The summed E-state index contributed by atoms with van der Waals surface area (Å²) in [7, 11) is 0. The molecule has 5 nitrogen and oxygen atoms in total. The van der Waals surface area contributed by atoms with Crippen LogP contribution in [0.15, 0.2) is 48.8 Å². The van der Waals surface area contributed by atoms with Gasteiger partial charge in [-0.2, -0.15) is 0 Å². The summed E-state index contributed by atoms with van der Waals surface area (Å²) in [5, 5.41) is 15.3. The molecule has 3 N–H and O–H groups in total. The fourth-order valence-corrected chi connectivity index (χ4v) is 3.12. The van der Waals surface area contributed by atoms with Gasteiger partial charge in [-0.05, 0) is 60.6 Å². The van der Waals surface area contributed by atoms with Crippen LogP contribution in [0.4, 0.5) is 9.18 Å². The summed E-state index contributed by atoms with van der Waals surface area (Å²) in [6, 6.07) is 9.66. The molecular formula is C19H22FN3O2. The molecule has 1 aliphatic rings. The van der Waals surface area contributed by atoms with Gasteiger partial charge in [-0.25, -0.2) is 9.18 Å². The Kier molecular flexibility index (Phi) is 5.60. The molecule has 1 aromatic carbocycles. The van der Waals surface area contributed by atoms with Crippen LogP contribution in [-0.2, 0) is 13.0 Å². The van der Waals surface area contributed by atoms with Gasteiger partial charge < -0.3 is 15.7 Å². The molecule has 0 spiro atoms. The maximum Gasteiger partial charge on any atom is 0.315 e. The number of rotatable bonds is 6. The van der Waals surface area contributed by atoms with Crippen LogP contribution >= 0.6 is 0 Å². The molecule has 1 fully saturated rings. The van der Waals surface area contributed by atoms with Gasteiger partial charge in [-0.15, -0.1) is 0 Å². The standard InChI is InChI=1S/C19H22FN3O2/c20-16-3-1-2-14(8-16)12-22-19(25)23-18(15-10-17(24)11-15)9-13-4-6-21-7-5-13/h1-8,15,17-18,24H,9-12H2,(H2,22,23,25). The number of amides is 2. The Morgan fingerprint density at radius 2 is 2.00 bits per heavy atom. The first-order valence-corrected chi connectivity index (χ1v) is 8.46. The van der Waals surface area contributed by atoms with E-state index in [0.717, 1.165) is 5.56 Å². The van der Waals surface area contributed by atoms with E-state index in [-0.39, 0.29) is 36.5 Å². The molecule has 1 atom stereocenters. The van der Waals surface area contributed by atoms with Crippen LogP contribution in [0.3, 0.4) is 0 Å². The SMILES string of the molecule is O=C(NCc1cccc(F)c1)NC(Cc1ccncc1)C1CC(O)C1. The van der Waals surface area contributed by atoms with Crippen molar-refractivity contribution in [1.82, 2.24) is 15.6 Å². The Morgan fingerprint density at radius 3 is 2.68 bits per heavy atom. The van der Waals surface area contributed by atoms with E-state index in [2.05, 4.69) is 15.6 Å². The van der Waals surface area contributed by atoms with Gasteiger partial charge in [0.25, 0.3) is 0 Å². The molecule has 0 aliphatic heterocycles. The van der Waals surface area contributed by atoms with Crippen molar-refractivity contribution < 1.29 is 14.3 Å². The highest BCUT2D eigenvalue weighted by Crippen LogP contribution is 2.31. The van der Waals surface area contributed by atoms with Crippen LogP contribution in [-0.4, -0.2) is 28.3 Å². The van der Waals surface area contributed by atoms with Gasteiger partial charge in [-0.1, -0.05) is 12.1 Å². The lowest BCUT2D eigenvalue weighted by atomic mass is 9.75. The monoisotopic (exact) mass is 343 g/mol. The largest absolute Gasteiger partial charge is 0.393 e. The number of pyridine rings is 1. The molecule has 0 radical (unpaired) electrons. The molecule has 1 aromatic heterocycles. The molecule has 3 rings (SSSR count). The molecule has 0 saturated heterocycles. The molecule has 2 amide bonds. The average molecular weight is 343 g/mol. The van der Waals surface area contributed by atoms with E-state index in [9.17, 15) is 14.3 Å². The second kappa shape index (κ2) is 8.07. The number of aromatic nitrogens is 1. The third kappa shape index (κ3) is 5.00. The zero-order chi connectivity index (χ0) is 17.6. The molecule has 1 aliphatic carbocycles. The number of nitrogens with one attached hydrogen (secondary N) is 2. The summed E-state index contributed by atoms with van der Waals surface area (Å²) in [6.45, 7) is 0.263. The third-order valence-corrected chi connectivity index (χ3v) is 4.58. The molecular weight excluding hydrogens is 321 g/mol. The first-order valence-electron chi connectivity index (χ1n) is 8.46. The Hall–Kier alpha value is -2.47. The molecule has 6 heteroatoms. The zero-order valence-electron chi connectivity index (χ0n) is 13.9. The highest BCUT2D eigenvalue weighted by atomic mass is 19.1. The number of aliphatic hydroxyl groups excluding tert-OH is 1. The smallest absolute Gasteiger partial charge is 0.315 e. The van der Waals surface area contributed by atoms with Crippen LogP contribution in [0.1, 0.15) is 24.0 Å². The van der Waals surface area contributed by atoms with Gasteiger partial charge in [-0.3, -0.25) is 4.98 Å². The van der Waals surface area contributed by atoms with Gasteiger partial charge in [0.05, 0.1) is 6.10 Å². The molecule has 1 unspecified atom stereocenters. The minimum absolute atomic E-state index is 0.0571. The number of carbonyl (C=O) groups is 1. The normalized spacial score (nSPS) is 20.4. The molecule has 25 heavy (non-hydrogen) atoms. The van der Waals surface area contributed by atoms with E-state index < -0.39 is 0 Å². The van der Waals surface area contributed by atoms with Crippen molar-refractivity contribution in [2.24, 2.45) is 5.92 Å². The minimum atomic E-state index is -0.321. The van der Waals surface area contributed by atoms with Gasteiger partial charge >= 0.3 is 6.03 Å². The van der Waals surface area contributed by atoms with E-state index in [0.29, 0.717) is 24.8 Å². The summed E-state index contributed by atoms with van der Waals surface area (Å²) in [6.07, 6.45) is 5.26. The number of hydrogen-bond acceptors (Lipinski definition) is 3. The second-order valence-corrected chi connectivity index (χ2v) is 6.51. The summed E-state index contributed by atoms with van der Waals surface area (Å²) in [5.74, 6) is -0.0678. The van der Waals surface area contributed by atoms with Crippen molar-refractivity contribution in [3.05, 3.63) is 65.7 Å². The lowest BCUT2D eigenvalue weighted by molar-refractivity contribution is 0.0263. The quantitative estimate of drug-likeness (QED) is 0.754. The van der Waals surface area contributed by atoms with E-state index in [1.54, 1.807) is 24.5 Å². The van der Waals surface area contributed by atoms with E-state index in [1.807, 2.05) is 12.1 Å². The Balaban J connectivity index is 1.56. The zero-order valence-corrected chi connectivity index (χ0v) is 13.9. The highest BCUT2D eigenvalue weighted by Gasteiger charge is 2.34. The van der Waals surface area contributed by atoms with Crippen LogP contribution in [0, 0.1) is 11.7 Å². The first kappa shape index (κ1) is 17.4. The molecule has 2 aromatic rings. The number of halogens is 1. The van der Waals surface area contributed by atoms with Crippen molar-refractivity contribution >= 4 is 6.03 Å². The predicted molar refractivity (Wildman–Crippen MR) is 92.2 cm³/mol. The number of aliphatic hydroxyl groups is 1. The first-order chi connectivity index (χ1) is 12.1. The molecule has 132 valence electrons. The maximum absolute atomic E-state index is 13.2. The van der Waals surface area contributed by atoms with E-state index in [1.165, 1.54) is 12.1 Å². The molecule has 1 saturated carbocycles. The molecule has 1 heterocycles. The Bertz CT molecular complexity index is 705. The fraction of sp³-hybridized carbons (Fsp3) is 0.368. The number of carbonyl (C=O) groups excluding carboxylic acids is 1. The van der Waals surface area contributed by atoms with Crippen molar-refractivity contribution in [3.8, 4) is 0 Å². The summed E-state index contributed by atoms with van der Waals surface area (Å²) in [5.41, 5.74) is 1.80. The Morgan fingerprint density at radius 1 is 1.24 bits per heavy atom. The summed E-state index contributed by atoms with van der Waals surface area (Å²) >= 11 is 0. The number of hydrogen-bond donors (Lipinski definition) is 3. The molecule has 0 bridgehead atoms. The number of nitrogens with zero attached hydrogens (tertiary/aromatic N) is 1. The number of benzene rings is 1. The van der Waals surface area contributed by atoms with Crippen molar-refractivity contribution in [3.63, 3.8) is 0 Å². The fourth-order valence-electron chi connectivity index (χ4n) is 3.12. The van der Waals surface area contributed by atoms with Crippen molar-refractivity contribution in [2.75, 3.05) is 0 Å². The van der Waals surface area contributed by atoms with Crippen LogP contribution < -0.4 is 10.6 Å². The van der Waals surface area contributed by atoms with E-state index in [4.69, 9.17) is 0 Å². The van der Waals surface area contributed by atoms with Crippen molar-refractivity contribution in [2.45, 2.75) is 38.0 Å². The summed E-state index contributed by atoms with van der Waals surface area (Å²) in [4.78, 5) is 16.2. The minimum Gasteiger partial charge on any atom is -0.393 e. The second-order valence-electron chi connectivity index (χ2n) is 6.51. The maximum atomic E-state index is 13.2. The van der Waals surface area contributed by atoms with Gasteiger partial charge in [0.2, 0.25) is 0 Å². The lowest BCUT2D eigenvalue weighted by Gasteiger charge is -2.38. The van der Waals surface area contributed by atoms with Crippen molar-refractivity contribution in [1.29, 1.82) is 0 Å². The van der Waals surface area contributed by atoms with Gasteiger partial charge in [0.1, 0.15) is 5.82 Å². The summed E-state index contributed by atoms with van der Waals surface area (Å²) < 4.78 is 13.2.